The lowest BCUT2D eigenvalue weighted by atomic mass is 9.55. The zero-order valence-electron chi connectivity index (χ0n) is 26.9. The van der Waals surface area contributed by atoms with Gasteiger partial charge >= 0.3 is 5.97 Å². The van der Waals surface area contributed by atoms with Gasteiger partial charge in [0, 0.05) is 18.3 Å². The molecule has 9 nitrogen and oxygen atoms in total. The summed E-state index contributed by atoms with van der Waals surface area (Å²) in [7, 11) is 1.45. The van der Waals surface area contributed by atoms with E-state index in [4.69, 9.17) is 23.7 Å². The molecule has 0 radical (unpaired) electrons. The number of hydrogen-bond donors (Lipinski definition) is 2. The van der Waals surface area contributed by atoms with E-state index in [1.165, 1.54) is 13.2 Å². The van der Waals surface area contributed by atoms with Gasteiger partial charge in [-0.05, 0) is 82.7 Å². The summed E-state index contributed by atoms with van der Waals surface area (Å²) in [6.07, 6.45) is 4.13. The van der Waals surface area contributed by atoms with E-state index in [2.05, 4.69) is 13.5 Å². The number of ether oxygens (including phenoxy) is 5. The Morgan fingerprint density at radius 2 is 1.89 bits per heavy atom. The molecule has 3 aliphatic carbocycles. The highest BCUT2D eigenvalue weighted by Crippen LogP contribution is 2.68. The van der Waals surface area contributed by atoms with E-state index < -0.39 is 46.7 Å². The average Bonchev–Trinajstić information content (AvgIpc) is 3.33. The molecule has 7 rings (SSSR count). The van der Waals surface area contributed by atoms with Crippen LogP contribution in [0.3, 0.4) is 0 Å². The van der Waals surface area contributed by atoms with Crippen molar-refractivity contribution in [3.8, 4) is 11.5 Å². The molecule has 2 heterocycles. The monoisotopic (exact) mass is 754 g/mol. The van der Waals surface area contributed by atoms with Crippen LogP contribution in [-0.4, -0.2) is 64.6 Å². The molecule has 0 amide bonds. The first kappa shape index (κ1) is 32.5. The Kier molecular flexibility index (Phi) is 7.79. The molecule has 10 heteroatoms. The first-order valence-electron chi connectivity index (χ1n) is 15.9. The normalized spacial score (nSPS) is 36.6. The van der Waals surface area contributed by atoms with Gasteiger partial charge < -0.3 is 33.9 Å². The summed E-state index contributed by atoms with van der Waals surface area (Å²) in [5.41, 5.74) is -0.221. The fourth-order valence-electron chi connectivity index (χ4n) is 8.79. The molecule has 3 bridgehead atoms. The zero-order chi connectivity index (χ0) is 33.5. The minimum Gasteiger partial charge on any atom is -0.504 e. The van der Waals surface area contributed by atoms with Gasteiger partial charge in [-0.25, -0.2) is 0 Å². The summed E-state index contributed by atoms with van der Waals surface area (Å²) in [6.45, 7) is 9.99. The minimum absolute atomic E-state index is 0.0175. The number of aromatic hydroxyl groups is 1. The number of aliphatic hydroxyl groups is 1. The standard InChI is InChI=1S/C37H39IO9/c1-20(2)35-16-22(4)37-26(33(35)45-36(46-35,47-37)18-23-9-7-6-8-10-23)14-24(17-34(42)28(37)13-21(3)32(34)41)19-44-29(40)15-25-11-12-27(39)31(43-5)30(25)38/h6-14,22,26,28,33,39,42H,1,15-19H2,2-5H3/t22-,26+,28-,33-,34-,35-,36?,37-/m1/s1. The van der Waals surface area contributed by atoms with Crippen molar-refractivity contribution >= 4 is 34.3 Å². The van der Waals surface area contributed by atoms with Crippen molar-refractivity contribution in [3.63, 3.8) is 0 Å². The number of phenolic OH excluding ortho intramolecular Hbond substituents is 1. The third kappa shape index (κ3) is 4.77. The highest BCUT2D eigenvalue weighted by atomic mass is 127. The van der Waals surface area contributed by atoms with Crippen molar-refractivity contribution in [1.29, 1.82) is 0 Å². The van der Waals surface area contributed by atoms with Crippen LogP contribution < -0.4 is 4.74 Å². The zero-order valence-corrected chi connectivity index (χ0v) is 29.0. The predicted octanol–water partition coefficient (Wildman–Crippen LogP) is 5.35. The van der Waals surface area contributed by atoms with Gasteiger partial charge in [0.1, 0.15) is 23.9 Å². The largest absolute Gasteiger partial charge is 0.504 e. The summed E-state index contributed by atoms with van der Waals surface area (Å²) >= 11 is 2.03. The van der Waals surface area contributed by atoms with Crippen LogP contribution in [0.25, 0.3) is 0 Å². The lowest BCUT2D eigenvalue weighted by molar-refractivity contribution is -0.421. The Balaban J connectivity index is 1.27. The number of ketones is 1. The molecule has 2 aliphatic heterocycles. The molecule has 2 saturated heterocycles. The summed E-state index contributed by atoms with van der Waals surface area (Å²) < 4.78 is 32.6. The van der Waals surface area contributed by atoms with Crippen LogP contribution in [0.2, 0.25) is 0 Å². The van der Waals surface area contributed by atoms with Gasteiger partial charge in [-0.2, -0.15) is 0 Å². The predicted molar refractivity (Wildman–Crippen MR) is 179 cm³/mol. The molecular weight excluding hydrogens is 715 g/mol. The van der Waals surface area contributed by atoms with Crippen LogP contribution in [0.15, 0.2) is 77.9 Å². The van der Waals surface area contributed by atoms with E-state index in [1.807, 2.05) is 72.0 Å². The number of benzene rings is 2. The maximum absolute atomic E-state index is 13.8. The van der Waals surface area contributed by atoms with Crippen molar-refractivity contribution in [3.05, 3.63) is 92.6 Å². The molecule has 1 unspecified atom stereocenters. The molecular formula is C37H39IO9. The molecule has 47 heavy (non-hydrogen) atoms. The second-order valence-electron chi connectivity index (χ2n) is 13.8. The Labute approximate surface area is 287 Å². The van der Waals surface area contributed by atoms with Crippen LogP contribution in [0.1, 0.15) is 44.7 Å². The van der Waals surface area contributed by atoms with Gasteiger partial charge in [0.2, 0.25) is 0 Å². The number of halogens is 1. The van der Waals surface area contributed by atoms with Crippen LogP contribution in [0.5, 0.6) is 11.5 Å². The number of Topliss-reactive ketones (excluding diaryl/α,β-unsaturated/α-hetero) is 1. The molecule has 5 aliphatic rings. The number of esters is 1. The van der Waals surface area contributed by atoms with Crippen LogP contribution >= 0.6 is 22.6 Å². The number of carbonyl (C=O) groups excluding carboxylic acids is 2. The summed E-state index contributed by atoms with van der Waals surface area (Å²) in [6, 6.07) is 13.0. The summed E-state index contributed by atoms with van der Waals surface area (Å²) in [4.78, 5) is 27.0. The maximum atomic E-state index is 13.8. The van der Waals surface area contributed by atoms with Crippen molar-refractivity contribution < 1.29 is 43.5 Å². The van der Waals surface area contributed by atoms with E-state index in [9.17, 15) is 19.8 Å². The van der Waals surface area contributed by atoms with E-state index in [0.717, 1.165) is 11.1 Å². The second kappa shape index (κ2) is 11.3. The van der Waals surface area contributed by atoms with E-state index >= 15 is 0 Å². The topological polar surface area (TPSA) is 121 Å². The number of methoxy groups -OCH3 is 1. The second-order valence-corrected chi connectivity index (χ2v) is 14.8. The Hall–Kier alpha value is -3.03. The van der Waals surface area contributed by atoms with Crippen molar-refractivity contribution in [2.45, 2.75) is 75.3 Å². The lowest BCUT2D eigenvalue weighted by Gasteiger charge is -2.59. The van der Waals surface area contributed by atoms with E-state index in [-0.39, 0.29) is 36.9 Å². The molecule has 0 aromatic heterocycles. The third-order valence-corrected chi connectivity index (χ3v) is 12.0. The maximum Gasteiger partial charge on any atom is 0.310 e. The van der Waals surface area contributed by atoms with Crippen molar-refractivity contribution in [2.24, 2.45) is 17.8 Å². The number of hydrogen-bond acceptors (Lipinski definition) is 9. The van der Waals surface area contributed by atoms with Crippen LogP contribution in [0.4, 0.5) is 0 Å². The van der Waals surface area contributed by atoms with Gasteiger partial charge in [-0.1, -0.05) is 62.1 Å². The van der Waals surface area contributed by atoms with Gasteiger partial charge in [-0.3, -0.25) is 9.59 Å². The summed E-state index contributed by atoms with van der Waals surface area (Å²) in [5, 5.41) is 22.5. The molecule has 1 saturated carbocycles. The van der Waals surface area contributed by atoms with E-state index in [1.54, 1.807) is 13.0 Å². The molecule has 2 aromatic carbocycles. The molecule has 0 spiro atoms. The highest BCUT2D eigenvalue weighted by Gasteiger charge is 2.79. The van der Waals surface area contributed by atoms with Crippen LogP contribution in [0, 0.1) is 21.3 Å². The Bertz CT molecular complexity index is 1730. The third-order valence-electron chi connectivity index (χ3n) is 10.8. The lowest BCUT2D eigenvalue weighted by Crippen LogP contribution is -2.70. The SMILES string of the molecule is C=C(C)[C@]12C[C@@H](C)[C@@]34OC(Cc5ccccc5)(O[C@@H]1[C@@H]3C=C(COC(=O)Cc1ccc(O)c(OC)c1I)C[C@]1(O)C(=O)C(C)=C[C@@H]41)O2. The summed E-state index contributed by atoms with van der Waals surface area (Å²) in [5.74, 6) is -3.34. The van der Waals surface area contributed by atoms with Gasteiger partial charge in [0.05, 0.1) is 29.1 Å². The van der Waals surface area contributed by atoms with Gasteiger partial charge in [0.15, 0.2) is 17.3 Å². The fraction of sp³-hybridized carbons (Fsp3) is 0.459. The number of carbonyl (C=O) groups is 2. The molecule has 3 fully saturated rings. The number of phenols is 1. The van der Waals surface area contributed by atoms with Crippen molar-refractivity contribution in [1.82, 2.24) is 0 Å². The Morgan fingerprint density at radius 3 is 2.60 bits per heavy atom. The smallest absolute Gasteiger partial charge is 0.310 e. The Morgan fingerprint density at radius 1 is 1.15 bits per heavy atom. The quantitative estimate of drug-likeness (QED) is 0.209. The molecule has 2 N–H and O–H groups in total. The number of fused-ring (bicyclic) bond motifs is 2. The average molecular weight is 755 g/mol. The minimum atomic E-state index is -1.81. The molecule has 8 atom stereocenters. The van der Waals surface area contributed by atoms with Gasteiger partial charge in [0.25, 0.3) is 5.97 Å². The van der Waals surface area contributed by atoms with Crippen molar-refractivity contribution in [2.75, 3.05) is 13.7 Å². The first-order chi connectivity index (χ1) is 22.3. The highest BCUT2D eigenvalue weighted by molar-refractivity contribution is 14.1. The van der Waals surface area contributed by atoms with Crippen LogP contribution in [-0.2, 0) is 41.4 Å². The molecule has 2 aromatic rings. The van der Waals surface area contributed by atoms with Gasteiger partial charge in [-0.15, -0.1) is 0 Å². The van der Waals surface area contributed by atoms with E-state index in [0.29, 0.717) is 38.9 Å². The number of rotatable bonds is 8. The molecule has 248 valence electrons. The first-order valence-corrected chi connectivity index (χ1v) is 17.0. The fourth-order valence-corrected chi connectivity index (χ4v) is 9.65.